The Bertz CT molecular complexity index is 1020. The molecule has 28 heavy (non-hydrogen) atoms. The molecular formula is C21H18IN3O3. The van der Waals surface area contributed by atoms with Crippen LogP contribution in [0.15, 0.2) is 35.9 Å². The van der Waals surface area contributed by atoms with Crippen molar-refractivity contribution in [2.75, 3.05) is 19.0 Å². The number of nitrogens with one attached hydrogen (secondary N) is 1. The molecule has 0 radical (unpaired) electrons. The van der Waals surface area contributed by atoms with Crippen LogP contribution in [0, 0.1) is 40.1 Å². The second-order valence-electron chi connectivity index (χ2n) is 5.92. The molecule has 0 spiro atoms. The number of carbonyl (C=O) groups is 1. The zero-order valence-electron chi connectivity index (χ0n) is 15.7. The van der Waals surface area contributed by atoms with Crippen molar-refractivity contribution in [3.05, 3.63) is 56.2 Å². The van der Waals surface area contributed by atoms with Crippen molar-refractivity contribution in [3.63, 3.8) is 0 Å². The summed E-state index contributed by atoms with van der Waals surface area (Å²) in [6.07, 6.45) is 1.49. The minimum Gasteiger partial charge on any atom is -0.493 e. The molecule has 0 saturated heterocycles. The van der Waals surface area contributed by atoms with E-state index >= 15 is 0 Å². The summed E-state index contributed by atoms with van der Waals surface area (Å²) in [5.41, 5.74) is 3.16. The first-order chi connectivity index (χ1) is 13.4. The molecule has 2 aromatic rings. The van der Waals surface area contributed by atoms with Crippen LogP contribution in [0.5, 0.6) is 11.5 Å². The van der Waals surface area contributed by atoms with Gasteiger partial charge in [0.25, 0.3) is 5.91 Å². The molecular weight excluding hydrogens is 469 g/mol. The largest absolute Gasteiger partial charge is 0.493 e. The number of benzene rings is 2. The smallest absolute Gasteiger partial charge is 0.266 e. The number of ether oxygens (including phenoxy) is 2. The molecule has 6 nitrogen and oxygen atoms in total. The number of nitrogens with zero attached hydrogens (tertiary/aromatic N) is 2. The maximum atomic E-state index is 12.6. The van der Waals surface area contributed by atoms with Crippen LogP contribution in [0.4, 0.5) is 5.69 Å². The van der Waals surface area contributed by atoms with Crippen LogP contribution in [-0.4, -0.2) is 19.6 Å². The van der Waals surface area contributed by atoms with E-state index in [-0.39, 0.29) is 12.2 Å². The first kappa shape index (κ1) is 21.3. The topological polar surface area (TPSA) is 95.1 Å². The molecule has 142 valence electrons. The van der Waals surface area contributed by atoms with Crippen LogP contribution < -0.4 is 14.8 Å². The Morgan fingerprint density at radius 1 is 1.25 bits per heavy atom. The SMILES string of the molecule is COc1cc(/C=C(\C#N)C(=O)Nc2cc(C)ccc2C)cc(I)c1OCC#N. The van der Waals surface area contributed by atoms with Gasteiger partial charge in [-0.3, -0.25) is 4.79 Å². The van der Waals surface area contributed by atoms with E-state index in [1.807, 2.05) is 44.2 Å². The summed E-state index contributed by atoms with van der Waals surface area (Å²) in [7, 11) is 1.48. The monoisotopic (exact) mass is 487 g/mol. The highest BCUT2D eigenvalue weighted by molar-refractivity contribution is 14.1. The summed E-state index contributed by atoms with van der Waals surface area (Å²) in [6, 6.07) is 13.0. The zero-order chi connectivity index (χ0) is 20.7. The Morgan fingerprint density at radius 2 is 2.00 bits per heavy atom. The van der Waals surface area contributed by atoms with E-state index < -0.39 is 5.91 Å². The highest BCUT2D eigenvalue weighted by Gasteiger charge is 2.14. The van der Waals surface area contributed by atoms with Gasteiger partial charge < -0.3 is 14.8 Å². The molecule has 1 N–H and O–H groups in total. The second kappa shape index (κ2) is 9.77. The number of hydrogen-bond acceptors (Lipinski definition) is 5. The second-order valence-corrected chi connectivity index (χ2v) is 7.09. The van der Waals surface area contributed by atoms with E-state index in [0.717, 1.165) is 11.1 Å². The van der Waals surface area contributed by atoms with Crippen molar-refractivity contribution in [1.29, 1.82) is 10.5 Å². The number of anilines is 1. The number of carbonyl (C=O) groups excluding carboxylic acids is 1. The Balaban J connectivity index is 2.34. The molecule has 7 heteroatoms. The van der Waals surface area contributed by atoms with Crippen LogP contribution in [0.1, 0.15) is 16.7 Å². The third-order valence-corrected chi connectivity index (χ3v) is 4.65. The molecule has 1 amide bonds. The van der Waals surface area contributed by atoms with Crippen molar-refractivity contribution in [2.24, 2.45) is 0 Å². The predicted molar refractivity (Wildman–Crippen MR) is 115 cm³/mol. The van der Waals surface area contributed by atoms with Crippen molar-refractivity contribution in [1.82, 2.24) is 0 Å². The minimum absolute atomic E-state index is 0.0375. The van der Waals surface area contributed by atoms with E-state index in [2.05, 4.69) is 27.9 Å². The molecule has 0 saturated carbocycles. The molecule has 0 fully saturated rings. The number of aryl methyl sites for hydroxylation is 2. The quantitative estimate of drug-likeness (QED) is 0.371. The molecule has 0 bridgehead atoms. The number of methoxy groups -OCH3 is 1. The van der Waals surface area contributed by atoms with Gasteiger partial charge in [-0.1, -0.05) is 12.1 Å². The maximum absolute atomic E-state index is 12.6. The highest BCUT2D eigenvalue weighted by atomic mass is 127. The predicted octanol–water partition coefficient (Wildman–Crippen LogP) is 4.36. The van der Waals surface area contributed by atoms with Crippen molar-refractivity contribution in [2.45, 2.75) is 13.8 Å². The minimum atomic E-state index is -0.491. The van der Waals surface area contributed by atoms with Gasteiger partial charge in [-0.25, -0.2) is 0 Å². The summed E-state index contributed by atoms with van der Waals surface area (Å²) < 4.78 is 11.4. The third-order valence-electron chi connectivity index (χ3n) is 3.85. The van der Waals surface area contributed by atoms with Crippen molar-refractivity contribution in [3.8, 4) is 23.6 Å². The first-order valence-corrected chi connectivity index (χ1v) is 9.35. The van der Waals surface area contributed by atoms with Crippen LogP contribution >= 0.6 is 22.6 Å². The third kappa shape index (κ3) is 5.24. The van der Waals surface area contributed by atoms with E-state index in [1.165, 1.54) is 13.2 Å². The number of amides is 1. The molecule has 2 rings (SSSR count). The van der Waals surface area contributed by atoms with Gasteiger partial charge in [0.05, 0.1) is 10.7 Å². The van der Waals surface area contributed by atoms with Crippen LogP contribution in [0.3, 0.4) is 0 Å². The number of nitriles is 2. The van der Waals surface area contributed by atoms with E-state index in [0.29, 0.717) is 26.3 Å². The number of rotatable bonds is 6. The molecule has 0 heterocycles. The van der Waals surface area contributed by atoms with Gasteiger partial charge in [-0.15, -0.1) is 0 Å². The Morgan fingerprint density at radius 3 is 2.64 bits per heavy atom. The van der Waals surface area contributed by atoms with Gasteiger partial charge in [0.1, 0.15) is 17.7 Å². The van der Waals surface area contributed by atoms with Gasteiger partial charge in [0.2, 0.25) is 0 Å². The lowest BCUT2D eigenvalue weighted by Crippen LogP contribution is -2.14. The average Bonchev–Trinajstić information content (AvgIpc) is 2.67. The Labute approximate surface area is 177 Å². The molecule has 0 aliphatic heterocycles. The highest BCUT2D eigenvalue weighted by Crippen LogP contribution is 2.34. The molecule has 0 atom stereocenters. The Kier molecular flexibility index (Phi) is 7.42. The normalized spacial score (nSPS) is 10.6. The number of halogens is 1. The molecule has 0 aliphatic rings. The molecule has 2 aromatic carbocycles. The van der Waals surface area contributed by atoms with E-state index in [9.17, 15) is 10.1 Å². The summed E-state index contributed by atoms with van der Waals surface area (Å²) in [4.78, 5) is 12.6. The van der Waals surface area contributed by atoms with Crippen LogP contribution in [0.2, 0.25) is 0 Å². The lowest BCUT2D eigenvalue weighted by atomic mass is 10.1. The van der Waals surface area contributed by atoms with Crippen molar-refractivity contribution < 1.29 is 14.3 Å². The van der Waals surface area contributed by atoms with Crippen molar-refractivity contribution >= 4 is 40.3 Å². The summed E-state index contributed by atoms with van der Waals surface area (Å²) in [5, 5.41) is 20.9. The van der Waals surface area contributed by atoms with Gasteiger partial charge in [-0.05, 0) is 77.4 Å². The lowest BCUT2D eigenvalue weighted by Gasteiger charge is -2.12. The van der Waals surface area contributed by atoms with E-state index in [4.69, 9.17) is 14.7 Å². The zero-order valence-corrected chi connectivity index (χ0v) is 17.8. The molecule has 0 aromatic heterocycles. The fourth-order valence-electron chi connectivity index (χ4n) is 2.44. The van der Waals surface area contributed by atoms with Crippen LogP contribution in [0.25, 0.3) is 6.08 Å². The fourth-order valence-corrected chi connectivity index (χ4v) is 3.22. The van der Waals surface area contributed by atoms with Crippen LogP contribution in [-0.2, 0) is 4.79 Å². The summed E-state index contributed by atoms with van der Waals surface area (Å²) in [6.45, 7) is 3.71. The van der Waals surface area contributed by atoms with E-state index in [1.54, 1.807) is 12.1 Å². The van der Waals surface area contributed by atoms with Gasteiger partial charge >= 0.3 is 0 Å². The number of hydrogen-bond donors (Lipinski definition) is 1. The fraction of sp³-hybridized carbons (Fsp3) is 0.190. The Hall–Kier alpha value is -3.04. The summed E-state index contributed by atoms with van der Waals surface area (Å²) in [5.74, 6) is 0.371. The van der Waals surface area contributed by atoms with Gasteiger partial charge in [0.15, 0.2) is 18.1 Å². The average molecular weight is 487 g/mol. The standard InChI is InChI=1S/C21H18IN3O3/c1-13-4-5-14(2)18(8-13)25-21(26)16(12-24)9-15-10-17(22)20(28-7-6-23)19(11-15)27-3/h4-5,8-11H,7H2,1-3H3,(H,25,26)/b16-9+. The lowest BCUT2D eigenvalue weighted by molar-refractivity contribution is -0.112. The summed E-state index contributed by atoms with van der Waals surface area (Å²) >= 11 is 2.05. The maximum Gasteiger partial charge on any atom is 0.266 e. The first-order valence-electron chi connectivity index (χ1n) is 8.27. The van der Waals surface area contributed by atoms with Gasteiger partial charge in [0, 0.05) is 5.69 Å². The molecule has 0 aliphatic carbocycles. The molecule has 0 unspecified atom stereocenters. The van der Waals surface area contributed by atoms with Gasteiger partial charge in [-0.2, -0.15) is 10.5 Å².